The molecule has 0 spiro atoms. The van der Waals surface area contributed by atoms with E-state index >= 15 is 0 Å². The molecular formula is C22H23F2N3O2. The summed E-state index contributed by atoms with van der Waals surface area (Å²) in [5.41, 5.74) is -0.0485. The molecule has 2 saturated heterocycles. The Bertz CT molecular complexity index is 913. The Morgan fingerprint density at radius 2 is 1.69 bits per heavy atom. The number of nitrogens with zero attached hydrogens (tertiary/aromatic N) is 1. The summed E-state index contributed by atoms with van der Waals surface area (Å²) in [5.74, 6) is -1.21. The highest BCUT2D eigenvalue weighted by Crippen LogP contribution is 2.36. The minimum Gasteiger partial charge on any atom is -0.322 e. The van der Waals surface area contributed by atoms with E-state index in [1.54, 1.807) is 30.3 Å². The Kier molecular flexibility index (Phi) is 5.32. The number of carbonyl (C=O) groups excluding carboxylic acids is 2. The van der Waals surface area contributed by atoms with Crippen LogP contribution < -0.4 is 10.6 Å². The van der Waals surface area contributed by atoms with Gasteiger partial charge in [0.25, 0.3) is 5.91 Å². The van der Waals surface area contributed by atoms with Crippen molar-refractivity contribution >= 4 is 11.9 Å². The molecule has 2 aliphatic rings. The second-order valence-electron chi connectivity index (χ2n) is 7.71. The van der Waals surface area contributed by atoms with E-state index in [1.165, 1.54) is 18.2 Å². The first-order chi connectivity index (χ1) is 14.0. The van der Waals surface area contributed by atoms with Crippen molar-refractivity contribution in [2.24, 2.45) is 5.92 Å². The number of carbonyl (C=O) groups is 2. The van der Waals surface area contributed by atoms with Crippen LogP contribution in [0, 0.1) is 17.6 Å². The first-order valence-corrected chi connectivity index (χ1v) is 9.82. The summed E-state index contributed by atoms with van der Waals surface area (Å²) in [4.78, 5) is 27.4. The Morgan fingerprint density at radius 3 is 2.38 bits per heavy atom. The summed E-state index contributed by atoms with van der Waals surface area (Å²) in [6.45, 7) is 1.39. The van der Waals surface area contributed by atoms with Crippen molar-refractivity contribution in [2.45, 2.75) is 31.3 Å². The van der Waals surface area contributed by atoms with Gasteiger partial charge >= 0.3 is 6.03 Å². The van der Waals surface area contributed by atoms with Crippen molar-refractivity contribution in [1.82, 2.24) is 15.5 Å². The standard InChI is InChI=1S/C22H23F2N3O2/c23-18-7-5-15(6-8-18)13-22(17-9-11-25-12-10-17)20(28)27(21(29)26-22)14-16-3-1-2-4-19(16)24/h1-8,17,25H,9-14H2,(H,26,29). The fourth-order valence-electron chi connectivity index (χ4n) is 4.37. The molecule has 0 bridgehead atoms. The van der Waals surface area contributed by atoms with Gasteiger partial charge in [-0.1, -0.05) is 30.3 Å². The van der Waals surface area contributed by atoms with E-state index in [4.69, 9.17) is 0 Å². The molecule has 0 aromatic heterocycles. The van der Waals surface area contributed by atoms with Crippen molar-refractivity contribution in [3.8, 4) is 0 Å². The summed E-state index contributed by atoms with van der Waals surface area (Å²) in [6.07, 6.45) is 1.75. The lowest BCUT2D eigenvalue weighted by Gasteiger charge is -2.38. The molecule has 2 fully saturated rings. The van der Waals surface area contributed by atoms with Gasteiger partial charge in [-0.25, -0.2) is 13.6 Å². The van der Waals surface area contributed by atoms with Crippen LogP contribution in [0.5, 0.6) is 0 Å². The van der Waals surface area contributed by atoms with E-state index in [-0.39, 0.29) is 30.6 Å². The molecule has 1 atom stereocenters. The van der Waals surface area contributed by atoms with Crippen LogP contribution in [0.1, 0.15) is 24.0 Å². The SMILES string of the molecule is O=C1NC(Cc2ccc(F)cc2)(C2CCNCC2)C(=O)N1Cc1ccccc1F. The van der Waals surface area contributed by atoms with Gasteiger partial charge in [0.05, 0.1) is 6.54 Å². The number of urea groups is 1. The van der Waals surface area contributed by atoms with E-state index < -0.39 is 17.4 Å². The fourth-order valence-corrected chi connectivity index (χ4v) is 4.37. The maximum absolute atomic E-state index is 14.1. The van der Waals surface area contributed by atoms with Crippen LogP contribution in [0.15, 0.2) is 48.5 Å². The molecule has 5 nitrogen and oxygen atoms in total. The average Bonchev–Trinajstić information content (AvgIpc) is 2.97. The zero-order valence-electron chi connectivity index (χ0n) is 16.0. The Morgan fingerprint density at radius 1 is 1.00 bits per heavy atom. The van der Waals surface area contributed by atoms with E-state index in [2.05, 4.69) is 10.6 Å². The Balaban J connectivity index is 1.66. The highest BCUT2D eigenvalue weighted by molar-refractivity contribution is 6.07. The minimum atomic E-state index is -1.11. The lowest BCUT2D eigenvalue weighted by Crippen LogP contribution is -2.57. The highest BCUT2D eigenvalue weighted by Gasteiger charge is 2.55. The van der Waals surface area contributed by atoms with Crippen molar-refractivity contribution in [1.29, 1.82) is 0 Å². The normalized spacial score (nSPS) is 22.8. The first-order valence-electron chi connectivity index (χ1n) is 9.82. The van der Waals surface area contributed by atoms with E-state index in [0.29, 0.717) is 5.56 Å². The molecule has 3 amide bonds. The second-order valence-corrected chi connectivity index (χ2v) is 7.71. The van der Waals surface area contributed by atoms with E-state index in [1.807, 2.05) is 0 Å². The van der Waals surface area contributed by atoms with Crippen molar-refractivity contribution < 1.29 is 18.4 Å². The molecule has 2 N–H and O–H groups in total. The van der Waals surface area contributed by atoms with Crippen LogP contribution in [0.25, 0.3) is 0 Å². The number of piperidine rings is 1. The van der Waals surface area contributed by atoms with Crippen molar-refractivity contribution in [3.63, 3.8) is 0 Å². The van der Waals surface area contributed by atoms with Gasteiger partial charge in [-0.05, 0) is 55.6 Å². The molecule has 152 valence electrons. The largest absolute Gasteiger partial charge is 0.325 e. The van der Waals surface area contributed by atoms with Gasteiger partial charge in [0.1, 0.15) is 17.2 Å². The predicted octanol–water partition coefficient (Wildman–Crippen LogP) is 3.00. The number of amides is 3. The monoisotopic (exact) mass is 399 g/mol. The Hall–Kier alpha value is -2.80. The van der Waals surface area contributed by atoms with Gasteiger partial charge in [0.2, 0.25) is 0 Å². The number of benzene rings is 2. The number of halogens is 2. The Labute approximate surface area is 168 Å². The summed E-state index contributed by atoms with van der Waals surface area (Å²) >= 11 is 0. The van der Waals surface area contributed by atoms with Crippen LogP contribution in [-0.2, 0) is 17.8 Å². The quantitative estimate of drug-likeness (QED) is 0.760. The molecule has 7 heteroatoms. The van der Waals surface area contributed by atoms with Crippen LogP contribution in [0.4, 0.5) is 13.6 Å². The molecule has 2 heterocycles. The second kappa shape index (κ2) is 7.91. The third kappa shape index (κ3) is 3.74. The lowest BCUT2D eigenvalue weighted by atomic mass is 9.74. The maximum atomic E-state index is 14.1. The van der Waals surface area contributed by atoms with Crippen LogP contribution >= 0.6 is 0 Å². The first kappa shape index (κ1) is 19.5. The van der Waals surface area contributed by atoms with Crippen LogP contribution in [-0.4, -0.2) is 35.5 Å². The molecule has 2 aromatic carbocycles. The molecular weight excluding hydrogens is 376 g/mol. The molecule has 1 unspecified atom stereocenters. The summed E-state index contributed by atoms with van der Waals surface area (Å²) in [6, 6.07) is 11.6. The highest BCUT2D eigenvalue weighted by atomic mass is 19.1. The van der Waals surface area contributed by atoms with Gasteiger partial charge in [0.15, 0.2) is 0 Å². The molecule has 29 heavy (non-hydrogen) atoms. The number of nitrogens with one attached hydrogen (secondary N) is 2. The van der Waals surface area contributed by atoms with E-state index in [0.717, 1.165) is 36.4 Å². The van der Waals surface area contributed by atoms with Crippen LogP contribution in [0.2, 0.25) is 0 Å². The molecule has 0 radical (unpaired) electrons. The minimum absolute atomic E-state index is 0.0594. The summed E-state index contributed by atoms with van der Waals surface area (Å²) in [5, 5.41) is 6.21. The summed E-state index contributed by atoms with van der Waals surface area (Å²) in [7, 11) is 0. The van der Waals surface area contributed by atoms with Gasteiger partial charge < -0.3 is 10.6 Å². The third-order valence-corrected chi connectivity index (χ3v) is 5.92. The van der Waals surface area contributed by atoms with Gasteiger partial charge in [0, 0.05) is 12.0 Å². The summed E-state index contributed by atoms with van der Waals surface area (Å²) < 4.78 is 27.5. The van der Waals surface area contributed by atoms with Gasteiger partial charge in [-0.15, -0.1) is 0 Å². The average molecular weight is 399 g/mol. The molecule has 2 aromatic rings. The zero-order valence-corrected chi connectivity index (χ0v) is 16.0. The number of rotatable bonds is 5. The molecule has 2 aliphatic heterocycles. The van der Waals surface area contributed by atoms with Gasteiger partial charge in [-0.3, -0.25) is 9.69 Å². The van der Waals surface area contributed by atoms with Gasteiger partial charge in [-0.2, -0.15) is 0 Å². The smallest absolute Gasteiger partial charge is 0.322 e. The molecule has 4 rings (SSSR count). The van der Waals surface area contributed by atoms with Crippen molar-refractivity contribution in [3.05, 3.63) is 71.3 Å². The number of hydrogen-bond donors (Lipinski definition) is 2. The molecule has 0 aliphatic carbocycles. The van der Waals surface area contributed by atoms with E-state index in [9.17, 15) is 18.4 Å². The molecule has 0 saturated carbocycles. The fraction of sp³-hybridized carbons (Fsp3) is 0.364. The zero-order chi connectivity index (χ0) is 20.4. The predicted molar refractivity (Wildman–Crippen MR) is 104 cm³/mol. The number of imide groups is 1. The lowest BCUT2D eigenvalue weighted by molar-refractivity contribution is -0.134. The maximum Gasteiger partial charge on any atom is 0.325 e. The third-order valence-electron chi connectivity index (χ3n) is 5.92. The topological polar surface area (TPSA) is 61.4 Å². The van der Waals surface area contributed by atoms with Crippen molar-refractivity contribution in [2.75, 3.05) is 13.1 Å². The van der Waals surface area contributed by atoms with Crippen LogP contribution in [0.3, 0.4) is 0 Å². The number of hydrogen-bond acceptors (Lipinski definition) is 3.